The van der Waals surface area contributed by atoms with Gasteiger partial charge in [0.15, 0.2) is 0 Å². The summed E-state index contributed by atoms with van der Waals surface area (Å²) in [6, 6.07) is 19.3. The maximum atomic E-state index is 14.1. The van der Waals surface area contributed by atoms with Gasteiger partial charge in [-0.3, -0.25) is 13.9 Å². The van der Waals surface area contributed by atoms with Crippen molar-refractivity contribution in [2.75, 3.05) is 10.8 Å². The molecule has 0 spiro atoms. The molecule has 1 atom stereocenters. The number of rotatable bonds is 10. The summed E-state index contributed by atoms with van der Waals surface area (Å²) in [6.07, 6.45) is 5.06. The number of anilines is 1. The molecule has 10 heteroatoms. The molecule has 4 rings (SSSR count). The van der Waals surface area contributed by atoms with Crippen LogP contribution < -0.4 is 9.62 Å². The molecule has 1 N–H and O–H groups in total. The highest BCUT2D eigenvalue weighted by Gasteiger charge is 2.34. The van der Waals surface area contributed by atoms with Gasteiger partial charge in [-0.15, -0.1) is 0 Å². The first-order chi connectivity index (χ1) is 19.6. The van der Waals surface area contributed by atoms with Crippen LogP contribution in [0.1, 0.15) is 50.2 Å². The summed E-state index contributed by atoms with van der Waals surface area (Å²) in [7, 11) is -4.23. The first-order valence-electron chi connectivity index (χ1n) is 13.8. The average Bonchev–Trinajstić information content (AvgIpc) is 2.97. The summed E-state index contributed by atoms with van der Waals surface area (Å²) in [5, 5.41) is 3.27. The van der Waals surface area contributed by atoms with Crippen LogP contribution in [0.2, 0.25) is 10.0 Å². The van der Waals surface area contributed by atoms with Crippen molar-refractivity contribution in [2.24, 2.45) is 0 Å². The summed E-state index contributed by atoms with van der Waals surface area (Å²) < 4.78 is 28.8. The second kappa shape index (κ2) is 13.7. The van der Waals surface area contributed by atoms with Crippen LogP contribution in [0.4, 0.5) is 5.69 Å². The van der Waals surface area contributed by atoms with Crippen molar-refractivity contribution in [3.05, 3.63) is 94.0 Å². The molecule has 3 aromatic rings. The Hall–Kier alpha value is -3.07. The first-order valence-corrected chi connectivity index (χ1v) is 16.0. The van der Waals surface area contributed by atoms with Gasteiger partial charge in [-0.2, -0.15) is 0 Å². The molecule has 2 amide bonds. The van der Waals surface area contributed by atoms with E-state index in [1.165, 1.54) is 23.1 Å². The fourth-order valence-corrected chi connectivity index (χ4v) is 6.94. The van der Waals surface area contributed by atoms with Crippen molar-refractivity contribution in [1.29, 1.82) is 0 Å². The van der Waals surface area contributed by atoms with Crippen LogP contribution in [0.5, 0.6) is 0 Å². The third kappa shape index (κ3) is 7.42. The second-order valence-electron chi connectivity index (χ2n) is 10.4. The molecule has 1 fully saturated rings. The molecule has 0 aliphatic heterocycles. The lowest BCUT2D eigenvalue weighted by atomic mass is 9.95. The lowest BCUT2D eigenvalue weighted by Gasteiger charge is -2.33. The molecule has 1 aliphatic carbocycles. The van der Waals surface area contributed by atoms with E-state index < -0.39 is 28.5 Å². The van der Waals surface area contributed by atoms with Gasteiger partial charge in [-0.05, 0) is 62.1 Å². The molecule has 0 bridgehead atoms. The summed E-state index contributed by atoms with van der Waals surface area (Å²) >= 11 is 12.8. The number of carbonyl (C=O) groups excluding carboxylic acids is 2. The molecule has 0 saturated heterocycles. The number of aryl methyl sites for hydroxylation is 1. The zero-order valence-electron chi connectivity index (χ0n) is 23.2. The fraction of sp³-hybridized carbons (Fsp3) is 0.355. The molecule has 0 aromatic heterocycles. The Kier molecular flexibility index (Phi) is 10.3. The Bertz CT molecular complexity index is 1480. The number of amides is 2. The van der Waals surface area contributed by atoms with Gasteiger partial charge in [-0.1, -0.05) is 91.0 Å². The van der Waals surface area contributed by atoms with Crippen molar-refractivity contribution in [2.45, 2.75) is 69.5 Å². The summed E-state index contributed by atoms with van der Waals surface area (Å²) in [5.41, 5.74) is 1.89. The number of nitrogens with one attached hydrogen (secondary N) is 1. The highest BCUT2D eigenvalue weighted by atomic mass is 35.5. The minimum atomic E-state index is -4.23. The standard InChI is InChI=1S/C31H35Cl2N3O4S/c1-22-12-9-10-13-24(22)20-35(23(2)31(38)34-25-14-5-3-6-15-25)29(37)21-36(28-19-11-18-27(32)30(28)33)41(39,40)26-16-7-4-8-17-26/h4,7-13,16-19,23,25H,3,5-6,14-15,20-21H2,1-2H3,(H,34,38). The van der Waals surface area contributed by atoms with Gasteiger partial charge in [-0.25, -0.2) is 8.42 Å². The van der Waals surface area contributed by atoms with Crippen LogP contribution in [0.25, 0.3) is 0 Å². The molecule has 0 heterocycles. The molecule has 0 radical (unpaired) electrons. The first kappa shape index (κ1) is 30.9. The number of benzene rings is 3. The van der Waals surface area contributed by atoms with Crippen molar-refractivity contribution in [3.63, 3.8) is 0 Å². The Morgan fingerprint density at radius 3 is 2.27 bits per heavy atom. The Morgan fingerprint density at radius 2 is 1.59 bits per heavy atom. The number of nitrogens with zero attached hydrogens (tertiary/aromatic N) is 2. The van der Waals surface area contributed by atoms with Crippen LogP contribution in [0.15, 0.2) is 77.7 Å². The smallest absolute Gasteiger partial charge is 0.264 e. The number of hydrogen-bond acceptors (Lipinski definition) is 4. The second-order valence-corrected chi connectivity index (χ2v) is 13.0. The lowest BCUT2D eigenvalue weighted by Crippen LogP contribution is -2.53. The lowest BCUT2D eigenvalue weighted by molar-refractivity contribution is -0.139. The van der Waals surface area contributed by atoms with E-state index in [-0.39, 0.29) is 39.1 Å². The van der Waals surface area contributed by atoms with Crippen molar-refractivity contribution in [1.82, 2.24) is 10.2 Å². The van der Waals surface area contributed by atoms with Gasteiger partial charge >= 0.3 is 0 Å². The number of halogens is 2. The zero-order chi connectivity index (χ0) is 29.6. The number of carbonyl (C=O) groups is 2. The summed E-state index contributed by atoms with van der Waals surface area (Å²) in [4.78, 5) is 29.0. The van der Waals surface area contributed by atoms with Gasteiger partial charge in [0, 0.05) is 12.6 Å². The van der Waals surface area contributed by atoms with Crippen LogP contribution in [0, 0.1) is 6.92 Å². The molecule has 3 aromatic carbocycles. The van der Waals surface area contributed by atoms with Crippen LogP contribution in [-0.4, -0.2) is 43.8 Å². The van der Waals surface area contributed by atoms with Gasteiger partial charge in [0.25, 0.3) is 10.0 Å². The summed E-state index contributed by atoms with van der Waals surface area (Å²) in [6.45, 7) is 3.16. The maximum Gasteiger partial charge on any atom is 0.264 e. The molecule has 1 unspecified atom stereocenters. The predicted octanol–water partition coefficient (Wildman–Crippen LogP) is 6.36. The van der Waals surface area contributed by atoms with Gasteiger partial charge in [0.2, 0.25) is 11.8 Å². The van der Waals surface area contributed by atoms with E-state index in [0.29, 0.717) is 0 Å². The summed E-state index contributed by atoms with van der Waals surface area (Å²) in [5.74, 6) is -0.813. The van der Waals surface area contributed by atoms with Crippen LogP contribution in [0.3, 0.4) is 0 Å². The molecule has 1 saturated carbocycles. The molecule has 218 valence electrons. The van der Waals surface area contributed by atoms with E-state index in [4.69, 9.17) is 23.2 Å². The van der Waals surface area contributed by atoms with E-state index in [0.717, 1.165) is 47.5 Å². The predicted molar refractivity (Wildman–Crippen MR) is 164 cm³/mol. The number of hydrogen-bond donors (Lipinski definition) is 1. The van der Waals surface area contributed by atoms with E-state index in [2.05, 4.69) is 5.32 Å². The normalized spacial score (nSPS) is 14.7. The van der Waals surface area contributed by atoms with Gasteiger partial charge in [0.1, 0.15) is 12.6 Å². The Balaban J connectivity index is 1.71. The van der Waals surface area contributed by atoms with Crippen LogP contribution >= 0.6 is 23.2 Å². The van der Waals surface area contributed by atoms with Crippen LogP contribution in [-0.2, 0) is 26.2 Å². The van der Waals surface area contributed by atoms with Gasteiger partial charge in [0.05, 0.1) is 20.6 Å². The third-order valence-electron chi connectivity index (χ3n) is 7.53. The Morgan fingerprint density at radius 1 is 0.927 bits per heavy atom. The van der Waals surface area contributed by atoms with Crippen molar-refractivity contribution >= 4 is 50.7 Å². The topological polar surface area (TPSA) is 86.8 Å². The SMILES string of the molecule is Cc1ccccc1CN(C(=O)CN(c1cccc(Cl)c1Cl)S(=O)(=O)c1ccccc1)C(C)C(=O)NC1CCCCC1. The minimum Gasteiger partial charge on any atom is -0.352 e. The molecule has 1 aliphatic rings. The van der Waals surface area contributed by atoms with E-state index >= 15 is 0 Å². The highest BCUT2D eigenvalue weighted by molar-refractivity contribution is 7.92. The fourth-order valence-electron chi connectivity index (χ4n) is 5.04. The monoisotopic (exact) mass is 615 g/mol. The Labute approximate surface area is 252 Å². The maximum absolute atomic E-state index is 14.1. The molecular weight excluding hydrogens is 581 g/mol. The molecule has 41 heavy (non-hydrogen) atoms. The zero-order valence-corrected chi connectivity index (χ0v) is 25.6. The van der Waals surface area contributed by atoms with Crippen molar-refractivity contribution < 1.29 is 18.0 Å². The molecule has 7 nitrogen and oxygen atoms in total. The third-order valence-corrected chi connectivity index (χ3v) is 10.1. The highest BCUT2D eigenvalue weighted by Crippen LogP contribution is 2.35. The van der Waals surface area contributed by atoms with E-state index in [9.17, 15) is 18.0 Å². The van der Waals surface area contributed by atoms with Gasteiger partial charge < -0.3 is 10.2 Å². The minimum absolute atomic E-state index is 0.00242. The van der Waals surface area contributed by atoms with E-state index in [1.54, 1.807) is 37.3 Å². The van der Waals surface area contributed by atoms with E-state index in [1.807, 2.05) is 31.2 Å². The molecular formula is C31H35Cl2N3O4S. The largest absolute Gasteiger partial charge is 0.352 e. The average molecular weight is 617 g/mol. The number of sulfonamides is 1. The van der Waals surface area contributed by atoms with Crippen molar-refractivity contribution in [3.8, 4) is 0 Å². The quantitative estimate of drug-likeness (QED) is 0.287.